The summed E-state index contributed by atoms with van der Waals surface area (Å²) in [5.74, 6) is 1.12. The monoisotopic (exact) mass is 384 g/mol. The van der Waals surface area contributed by atoms with Gasteiger partial charge in [-0.3, -0.25) is 4.79 Å². The van der Waals surface area contributed by atoms with Crippen molar-refractivity contribution in [2.24, 2.45) is 4.99 Å². The molecule has 1 aromatic carbocycles. The zero-order chi connectivity index (χ0) is 19.3. The number of aliphatic imine (C=N–C) groups is 1. The van der Waals surface area contributed by atoms with Gasteiger partial charge in [0.15, 0.2) is 5.96 Å². The van der Waals surface area contributed by atoms with E-state index in [0.29, 0.717) is 6.54 Å². The zero-order valence-electron chi connectivity index (χ0n) is 17.0. The van der Waals surface area contributed by atoms with Gasteiger partial charge >= 0.3 is 0 Å². The Morgan fingerprint density at radius 1 is 1.14 bits per heavy atom. The van der Waals surface area contributed by atoms with Gasteiger partial charge in [-0.25, -0.2) is 4.99 Å². The van der Waals surface area contributed by atoms with E-state index in [9.17, 15) is 4.79 Å². The molecule has 152 valence electrons. The average molecular weight is 385 g/mol. The number of piperazine rings is 1. The number of nitrogens with one attached hydrogen (secondary N) is 1. The Morgan fingerprint density at radius 3 is 2.68 bits per heavy atom. The Labute approximate surface area is 167 Å². The van der Waals surface area contributed by atoms with Crippen LogP contribution in [-0.4, -0.2) is 67.1 Å². The molecule has 3 aliphatic rings. The van der Waals surface area contributed by atoms with Crippen molar-refractivity contribution in [2.45, 2.75) is 51.7 Å². The highest BCUT2D eigenvalue weighted by atomic mass is 16.5. The number of nitrogens with zero attached hydrogens (tertiary/aromatic N) is 3. The third-order valence-corrected chi connectivity index (χ3v) is 6.01. The minimum Gasteiger partial charge on any atom is -0.368 e. The zero-order valence-corrected chi connectivity index (χ0v) is 17.0. The lowest BCUT2D eigenvalue weighted by Gasteiger charge is -2.37. The van der Waals surface area contributed by atoms with Gasteiger partial charge in [0.1, 0.15) is 6.10 Å². The molecule has 1 amide bonds. The van der Waals surface area contributed by atoms with Gasteiger partial charge in [0, 0.05) is 39.3 Å². The van der Waals surface area contributed by atoms with Crippen LogP contribution in [0.4, 0.5) is 0 Å². The van der Waals surface area contributed by atoms with Crippen LogP contribution in [0.1, 0.15) is 42.9 Å². The number of ether oxygens (including phenoxy) is 1. The standard InChI is InChI=1S/C22H32N4O2/c1-2-23-22(24-16-17-8-9-18-5-3-6-19(18)15-17)26-12-10-25(11-13-26)21(27)20-7-4-14-28-20/h8-9,15,20H,2-7,10-14,16H2,1H3,(H,23,24). The summed E-state index contributed by atoms with van der Waals surface area (Å²) in [5, 5.41) is 3.42. The van der Waals surface area contributed by atoms with Crippen LogP contribution in [0.5, 0.6) is 0 Å². The molecule has 0 bridgehead atoms. The van der Waals surface area contributed by atoms with Crippen LogP contribution in [0, 0.1) is 0 Å². The second kappa shape index (κ2) is 8.95. The first-order valence-corrected chi connectivity index (χ1v) is 10.8. The molecule has 2 saturated heterocycles. The molecule has 2 aliphatic heterocycles. The van der Waals surface area contributed by atoms with E-state index in [1.807, 2.05) is 4.90 Å². The third kappa shape index (κ3) is 4.32. The molecule has 28 heavy (non-hydrogen) atoms. The van der Waals surface area contributed by atoms with E-state index in [1.54, 1.807) is 0 Å². The van der Waals surface area contributed by atoms with E-state index in [1.165, 1.54) is 36.0 Å². The first kappa shape index (κ1) is 19.2. The molecule has 1 N–H and O–H groups in total. The molecular weight excluding hydrogens is 352 g/mol. The van der Waals surface area contributed by atoms with Crippen molar-refractivity contribution >= 4 is 11.9 Å². The SMILES string of the molecule is CCNC(=NCc1ccc2c(c1)CCC2)N1CCN(C(=O)C2CCCO2)CC1. The van der Waals surface area contributed by atoms with Gasteiger partial charge in [-0.1, -0.05) is 18.2 Å². The molecule has 0 radical (unpaired) electrons. The number of hydrogen-bond acceptors (Lipinski definition) is 3. The Hall–Kier alpha value is -2.08. The lowest BCUT2D eigenvalue weighted by atomic mass is 10.1. The summed E-state index contributed by atoms with van der Waals surface area (Å²) in [6.07, 6.45) is 5.34. The van der Waals surface area contributed by atoms with E-state index >= 15 is 0 Å². The quantitative estimate of drug-likeness (QED) is 0.637. The lowest BCUT2D eigenvalue weighted by Crippen LogP contribution is -2.55. The van der Waals surface area contributed by atoms with Crippen LogP contribution in [0.3, 0.4) is 0 Å². The highest BCUT2D eigenvalue weighted by Crippen LogP contribution is 2.23. The molecule has 1 atom stereocenters. The smallest absolute Gasteiger partial charge is 0.251 e. The second-order valence-electron chi connectivity index (χ2n) is 7.94. The number of aryl methyl sites for hydroxylation is 2. The molecule has 4 rings (SSSR count). The van der Waals surface area contributed by atoms with Crippen molar-refractivity contribution in [1.29, 1.82) is 0 Å². The molecule has 1 aromatic rings. The maximum atomic E-state index is 12.5. The molecule has 1 aliphatic carbocycles. The number of rotatable bonds is 4. The summed E-state index contributed by atoms with van der Waals surface area (Å²) in [6.45, 7) is 7.47. The van der Waals surface area contributed by atoms with Crippen LogP contribution in [0.25, 0.3) is 0 Å². The van der Waals surface area contributed by atoms with Gasteiger partial charge in [-0.15, -0.1) is 0 Å². The van der Waals surface area contributed by atoms with Crippen molar-refractivity contribution in [3.63, 3.8) is 0 Å². The Balaban J connectivity index is 1.35. The summed E-state index contributed by atoms with van der Waals surface area (Å²) in [6, 6.07) is 6.82. The Kier molecular flexibility index (Phi) is 6.15. The number of fused-ring (bicyclic) bond motifs is 1. The number of carbonyl (C=O) groups is 1. The lowest BCUT2D eigenvalue weighted by molar-refractivity contribution is -0.142. The van der Waals surface area contributed by atoms with Crippen molar-refractivity contribution in [1.82, 2.24) is 15.1 Å². The van der Waals surface area contributed by atoms with Crippen molar-refractivity contribution < 1.29 is 9.53 Å². The van der Waals surface area contributed by atoms with Crippen LogP contribution in [0.2, 0.25) is 0 Å². The Bertz CT molecular complexity index is 719. The van der Waals surface area contributed by atoms with E-state index in [-0.39, 0.29) is 12.0 Å². The van der Waals surface area contributed by atoms with E-state index in [2.05, 4.69) is 35.3 Å². The molecule has 0 saturated carbocycles. The fraction of sp³-hybridized carbons (Fsp3) is 0.636. The van der Waals surface area contributed by atoms with Crippen molar-refractivity contribution in [2.75, 3.05) is 39.3 Å². The van der Waals surface area contributed by atoms with Gasteiger partial charge in [0.2, 0.25) is 0 Å². The molecular formula is C22H32N4O2. The fourth-order valence-corrected chi connectivity index (χ4v) is 4.43. The van der Waals surface area contributed by atoms with Crippen molar-refractivity contribution in [3.05, 3.63) is 34.9 Å². The van der Waals surface area contributed by atoms with E-state index in [0.717, 1.165) is 58.1 Å². The summed E-state index contributed by atoms with van der Waals surface area (Å²) in [7, 11) is 0. The molecule has 2 fully saturated rings. The van der Waals surface area contributed by atoms with Gasteiger partial charge in [-0.05, 0) is 55.7 Å². The van der Waals surface area contributed by atoms with Gasteiger partial charge in [0.05, 0.1) is 6.54 Å². The maximum absolute atomic E-state index is 12.5. The fourth-order valence-electron chi connectivity index (χ4n) is 4.43. The molecule has 0 aromatic heterocycles. The summed E-state index contributed by atoms with van der Waals surface area (Å²) in [5.41, 5.74) is 4.29. The Morgan fingerprint density at radius 2 is 1.93 bits per heavy atom. The summed E-state index contributed by atoms with van der Waals surface area (Å²) < 4.78 is 5.56. The van der Waals surface area contributed by atoms with E-state index in [4.69, 9.17) is 9.73 Å². The predicted molar refractivity (Wildman–Crippen MR) is 110 cm³/mol. The maximum Gasteiger partial charge on any atom is 0.251 e. The number of benzene rings is 1. The first-order chi connectivity index (χ1) is 13.7. The van der Waals surface area contributed by atoms with E-state index < -0.39 is 0 Å². The first-order valence-electron chi connectivity index (χ1n) is 10.8. The highest BCUT2D eigenvalue weighted by Gasteiger charge is 2.30. The summed E-state index contributed by atoms with van der Waals surface area (Å²) in [4.78, 5) is 21.7. The minimum absolute atomic E-state index is 0.164. The number of hydrogen-bond donors (Lipinski definition) is 1. The van der Waals surface area contributed by atoms with Crippen LogP contribution in [-0.2, 0) is 28.9 Å². The predicted octanol–water partition coefficient (Wildman–Crippen LogP) is 1.96. The van der Waals surface area contributed by atoms with Gasteiger partial charge in [0.25, 0.3) is 5.91 Å². The third-order valence-electron chi connectivity index (χ3n) is 6.01. The van der Waals surface area contributed by atoms with Gasteiger partial charge < -0.3 is 19.9 Å². The average Bonchev–Trinajstić information content (AvgIpc) is 3.42. The van der Waals surface area contributed by atoms with Crippen molar-refractivity contribution in [3.8, 4) is 0 Å². The topological polar surface area (TPSA) is 57.2 Å². The largest absolute Gasteiger partial charge is 0.368 e. The molecule has 6 heteroatoms. The van der Waals surface area contributed by atoms with Crippen LogP contribution < -0.4 is 5.32 Å². The molecule has 0 spiro atoms. The van der Waals surface area contributed by atoms with Crippen LogP contribution in [0.15, 0.2) is 23.2 Å². The highest BCUT2D eigenvalue weighted by molar-refractivity contribution is 5.82. The van der Waals surface area contributed by atoms with Gasteiger partial charge in [-0.2, -0.15) is 0 Å². The number of amides is 1. The van der Waals surface area contributed by atoms with Crippen LogP contribution >= 0.6 is 0 Å². The number of guanidine groups is 1. The normalized spacial score (nSPS) is 22.5. The second-order valence-corrected chi connectivity index (χ2v) is 7.94. The molecule has 1 unspecified atom stereocenters. The minimum atomic E-state index is -0.215. The summed E-state index contributed by atoms with van der Waals surface area (Å²) >= 11 is 0. The number of carbonyl (C=O) groups excluding carboxylic acids is 1. The molecule has 6 nitrogen and oxygen atoms in total. The molecule has 2 heterocycles.